The first-order valence-corrected chi connectivity index (χ1v) is 10.6. The Kier molecular flexibility index (Phi) is 7.47. The number of amides is 1. The molecule has 1 aliphatic rings. The molecule has 162 valence electrons. The van der Waals surface area contributed by atoms with Gasteiger partial charge in [-0.2, -0.15) is 5.10 Å². The highest BCUT2D eigenvalue weighted by Gasteiger charge is 2.37. The highest BCUT2D eigenvalue weighted by atomic mass is 32.2. The van der Waals surface area contributed by atoms with Gasteiger partial charge in [-0.3, -0.25) is 9.78 Å². The van der Waals surface area contributed by atoms with Crippen LogP contribution in [-0.4, -0.2) is 29.2 Å². The average Bonchev–Trinajstić information content (AvgIpc) is 3.15. The molecule has 0 aliphatic carbocycles. The van der Waals surface area contributed by atoms with Gasteiger partial charge in [0.15, 0.2) is 0 Å². The standard InChI is InChI=1S/C24H22N4O3S/c1-4-18(24(30)31-5-2)21-19(17-9-7-6-8-10-17)20(25)22(32-21)23(29)28-27-15(3)16-11-13-26-14-12-16/h1,6-14,19H,5,25H2,2-3H3,(H,28,29)/b21-18-,27-15+. The van der Waals surface area contributed by atoms with Gasteiger partial charge in [0.1, 0.15) is 5.57 Å². The summed E-state index contributed by atoms with van der Waals surface area (Å²) < 4.78 is 5.11. The van der Waals surface area contributed by atoms with Crippen molar-refractivity contribution in [3.8, 4) is 12.3 Å². The number of hydrogen-bond acceptors (Lipinski definition) is 7. The van der Waals surface area contributed by atoms with Gasteiger partial charge in [-0.1, -0.05) is 48.0 Å². The van der Waals surface area contributed by atoms with E-state index in [4.69, 9.17) is 16.9 Å². The summed E-state index contributed by atoms with van der Waals surface area (Å²) in [6.45, 7) is 3.64. The van der Waals surface area contributed by atoms with E-state index in [-0.39, 0.29) is 17.1 Å². The molecule has 0 bridgehead atoms. The molecular weight excluding hydrogens is 424 g/mol. The highest BCUT2D eigenvalue weighted by Crippen LogP contribution is 2.50. The van der Waals surface area contributed by atoms with Gasteiger partial charge in [-0.25, -0.2) is 10.2 Å². The zero-order valence-corrected chi connectivity index (χ0v) is 18.5. The Morgan fingerprint density at radius 1 is 1.25 bits per heavy atom. The number of carbonyl (C=O) groups excluding carboxylic acids is 2. The summed E-state index contributed by atoms with van der Waals surface area (Å²) in [7, 11) is 0. The molecule has 1 aliphatic heterocycles. The zero-order chi connectivity index (χ0) is 23.1. The summed E-state index contributed by atoms with van der Waals surface area (Å²) in [5.41, 5.74) is 11.5. The predicted molar refractivity (Wildman–Crippen MR) is 125 cm³/mol. The molecule has 1 amide bonds. The van der Waals surface area contributed by atoms with Gasteiger partial charge in [0.25, 0.3) is 5.91 Å². The lowest BCUT2D eigenvalue weighted by Crippen LogP contribution is -2.22. The molecule has 32 heavy (non-hydrogen) atoms. The molecule has 2 heterocycles. The van der Waals surface area contributed by atoms with E-state index < -0.39 is 17.8 Å². The van der Waals surface area contributed by atoms with Crippen LogP contribution in [0.15, 0.2) is 81.0 Å². The third-order valence-electron chi connectivity index (χ3n) is 4.68. The van der Waals surface area contributed by atoms with Crippen LogP contribution in [-0.2, 0) is 14.3 Å². The van der Waals surface area contributed by atoms with E-state index >= 15 is 0 Å². The topological polar surface area (TPSA) is 107 Å². The van der Waals surface area contributed by atoms with Crippen LogP contribution in [0.1, 0.15) is 30.9 Å². The number of benzene rings is 1. The molecule has 0 saturated heterocycles. The number of allylic oxidation sites excluding steroid dienone is 1. The summed E-state index contributed by atoms with van der Waals surface area (Å²) in [5.74, 6) is 0.763. The molecule has 3 N–H and O–H groups in total. The molecule has 7 nitrogen and oxygen atoms in total. The van der Waals surface area contributed by atoms with E-state index in [0.29, 0.717) is 16.3 Å². The van der Waals surface area contributed by atoms with Gasteiger partial charge in [0.2, 0.25) is 0 Å². The molecular formula is C24H22N4O3S. The lowest BCUT2D eigenvalue weighted by atomic mass is 9.93. The summed E-state index contributed by atoms with van der Waals surface area (Å²) >= 11 is 1.06. The van der Waals surface area contributed by atoms with Crippen LogP contribution in [0.4, 0.5) is 0 Å². The van der Waals surface area contributed by atoms with Crippen molar-refractivity contribution in [2.24, 2.45) is 10.8 Å². The minimum Gasteiger partial charge on any atom is -0.462 e. The lowest BCUT2D eigenvalue weighted by molar-refractivity contribution is -0.138. The van der Waals surface area contributed by atoms with Gasteiger partial charge in [0.05, 0.1) is 23.1 Å². The molecule has 8 heteroatoms. The second-order valence-electron chi connectivity index (χ2n) is 6.71. The van der Waals surface area contributed by atoms with E-state index in [1.165, 1.54) is 0 Å². The van der Waals surface area contributed by atoms with Crippen molar-refractivity contribution in [2.75, 3.05) is 6.61 Å². The molecule has 1 unspecified atom stereocenters. The number of nitrogens with one attached hydrogen (secondary N) is 1. The smallest absolute Gasteiger partial charge is 0.347 e. The van der Waals surface area contributed by atoms with Crippen molar-refractivity contribution in [1.82, 2.24) is 10.4 Å². The first-order chi connectivity index (χ1) is 15.5. The Balaban J connectivity index is 1.97. The van der Waals surface area contributed by atoms with E-state index in [2.05, 4.69) is 21.4 Å². The van der Waals surface area contributed by atoms with Crippen LogP contribution in [0, 0.1) is 12.3 Å². The van der Waals surface area contributed by atoms with Crippen molar-refractivity contribution < 1.29 is 14.3 Å². The number of pyridine rings is 1. The summed E-state index contributed by atoms with van der Waals surface area (Å²) in [6, 6.07) is 12.9. The monoisotopic (exact) mass is 446 g/mol. The number of terminal acetylenes is 1. The fourth-order valence-corrected chi connectivity index (χ4v) is 4.35. The minimum absolute atomic E-state index is 0.0490. The Morgan fingerprint density at radius 3 is 2.56 bits per heavy atom. The number of carbonyl (C=O) groups is 2. The normalized spacial score (nSPS) is 17.5. The van der Waals surface area contributed by atoms with Crippen LogP contribution >= 0.6 is 11.8 Å². The molecule has 0 radical (unpaired) electrons. The lowest BCUT2D eigenvalue weighted by Gasteiger charge is -2.15. The van der Waals surface area contributed by atoms with Crippen molar-refractivity contribution in [3.05, 3.63) is 87.1 Å². The molecule has 0 fully saturated rings. The van der Waals surface area contributed by atoms with Crippen LogP contribution < -0.4 is 11.2 Å². The number of ether oxygens (including phenoxy) is 1. The average molecular weight is 447 g/mol. The number of nitrogens with two attached hydrogens (primary N) is 1. The summed E-state index contributed by atoms with van der Waals surface area (Å²) in [5, 5.41) is 4.16. The van der Waals surface area contributed by atoms with E-state index in [1.807, 2.05) is 30.3 Å². The number of esters is 1. The van der Waals surface area contributed by atoms with Crippen molar-refractivity contribution in [3.63, 3.8) is 0 Å². The number of thioether (sulfide) groups is 1. The molecule has 1 atom stereocenters. The Morgan fingerprint density at radius 2 is 1.94 bits per heavy atom. The number of hydrazone groups is 1. The van der Waals surface area contributed by atoms with Gasteiger partial charge >= 0.3 is 5.97 Å². The van der Waals surface area contributed by atoms with Gasteiger partial charge in [-0.05, 0) is 31.5 Å². The van der Waals surface area contributed by atoms with Crippen molar-refractivity contribution in [1.29, 1.82) is 0 Å². The third-order valence-corrected chi connectivity index (χ3v) is 5.97. The van der Waals surface area contributed by atoms with E-state index in [9.17, 15) is 9.59 Å². The maximum Gasteiger partial charge on any atom is 0.347 e. The second-order valence-corrected chi connectivity index (χ2v) is 7.76. The second kappa shape index (κ2) is 10.5. The van der Waals surface area contributed by atoms with Crippen molar-refractivity contribution >= 4 is 29.4 Å². The van der Waals surface area contributed by atoms with Crippen LogP contribution in [0.5, 0.6) is 0 Å². The molecule has 0 saturated carbocycles. The van der Waals surface area contributed by atoms with Crippen LogP contribution in [0.25, 0.3) is 0 Å². The van der Waals surface area contributed by atoms with Crippen molar-refractivity contribution in [2.45, 2.75) is 19.8 Å². The maximum atomic E-state index is 12.9. The summed E-state index contributed by atoms with van der Waals surface area (Å²) in [6.07, 6.45) is 8.93. The molecule has 1 aromatic heterocycles. The fourth-order valence-electron chi connectivity index (χ4n) is 3.13. The number of nitrogens with zero attached hydrogens (tertiary/aromatic N) is 2. The summed E-state index contributed by atoms with van der Waals surface area (Å²) in [4.78, 5) is 30.1. The Hall–Kier alpha value is -3.83. The Labute approximate surface area is 190 Å². The maximum absolute atomic E-state index is 12.9. The zero-order valence-electron chi connectivity index (χ0n) is 17.7. The third kappa shape index (κ3) is 4.90. The first-order valence-electron chi connectivity index (χ1n) is 9.83. The molecule has 1 aromatic carbocycles. The number of rotatable bonds is 6. The SMILES string of the molecule is C#C/C(C(=O)OCC)=C1/SC(C(=O)N/N=C(\C)c2ccncc2)=C(N)C1c1ccccc1. The number of aromatic nitrogens is 1. The van der Waals surface area contributed by atoms with E-state index in [0.717, 1.165) is 22.9 Å². The van der Waals surface area contributed by atoms with Gasteiger partial charge < -0.3 is 10.5 Å². The Bertz CT molecular complexity index is 1150. The molecule has 2 aromatic rings. The number of hydrogen-bond donors (Lipinski definition) is 2. The quantitative estimate of drug-likeness (QED) is 0.232. The van der Waals surface area contributed by atoms with Crippen LogP contribution in [0.2, 0.25) is 0 Å². The van der Waals surface area contributed by atoms with E-state index in [1.54, 1.807) is 38.4 Å². The first kappa shape index (κ1) is 22.8. The largest absolute Gasteiger partial charge is 0.462 e. The van der Waals surface area contributed by atoms with Gasteiger partial charge in [0, 0.05) is 28.6 Å². The fraction of sp³-hybridized carbons (Fsp3) is 0.167. The molecule has 0 spiro atoms. The van der Waals surface area contributed by atoms with Crippen LogP contribution in [0.3, 0.4) is 0 Å². The minimum atomic E-state index is -0.626. The van der Waals surface area contributed by atoms with Gasteiger partial charge in [-0.15, -0.1) is 6.42 Å². The predicted octanol–water partition coefficient (Wildman–Crippen LogP) is 3.07. The highest BCUT2D eigenvalue weighted by molar-refractivity contribution is 8.08. The molecule has 3 rings (SSSR count).